The Bertz CT molecular complexity index is 558. The average molecular weight is 266 g/mol. The third kappa shape index (κ3) is 2.53. The monoisotopic (exact) mass is 266 g/mol. The molecule has 6 heteroatoms. The van der Waals surface area contributed by atoms with Crippen LogP contribution >= 0.6 is 0 Å². The number of methoxy groups -OCH3 is 1. The number of hydrogen-bond donors (Lipinski definition) is 1. The smallest absolute Gasteiger partial charge is 0.348 e. The molecule has 0 bridgehead atoms. The Kier molecular flexibility index (Phi) is 3.71. The van der Waals surface area contributed by atoms with Gasteiger partial charge in [0, 0.05) is 30.1 Å². The first kappa shape index (κ1) is 13.7. The van der Waals surface area contributed by atoms with E-state index in [1.54, 1.807) is 25.5 Å². The highest BCUT2D eigenvalue weighted by Gasteiger charge is 2.32. The number of carboxylic acids is 1. The fourth-order valence-electron chi connectivity index (χ4n) is 2.59. The molecule has 0 atom stereocenters. The molecule has 0 aliphatic heterocycles. The van der Waals surface area contributed by atoms with Crippen molar-refractivity contribution < 1.29 is 14.6 Å². The molecule has 1 aromatic heterocycles. The molecule has 0 unspecified atom stereocenters. The van der Waals surface area contributed by atoms with E-state index in [4.69, 9.17) is 9.84 Å². The van der Waals surface area contributed by atoms with E-state index in [1.807, 2.05) is 0 Å². The molecular formula is C13H18N2O4. The van der Waals surface area contributed by atoms with Gasteiger partial charge in [-0.25, -0.2) is 4.79 Å². The maximum Gasteiger partial charge on any atom is 0.348 e. The summed E-state index contributed by atoms with van der Waals surface area (Å²) in [6, 6.07) is 0.0677. The van der Waals surface area contributed by atoms with E-state index in [0.717, 1.165) is 12.8 Å². The number of carbonyl (C=O) groups is 1. The molecule has 0 spiro atoms. The molecule has 1 aromatic rings. The number of hydrogen-bond acceptors (Lipinski definition) is 4. The molecule has 0 radical (unpaired) electrons. The van der Waals surface area contributed by atoms with E-state index >= 15 is 0 Å². The van der Waals surface area contributed by atoms with E-state index in [2.05, 4.69) is 4.98 Å². The van der Waals surface area contributed by atoms with Crippen LogP contribution in [0, 0.1) is 13.8 Å². The third-order valence-electron chi connectivity index (χ3n) is 3.80. The molecule has 1 heterocycles. The quantitative estimate of drug-likeness (QED) is 0.873. The van der Waals surface area contributed by atoms with Crippen LogP contribution in [0.15, 0.2) is 4.79 Å². The van der Waals surface area contributed by atoms with Gasteiger partial charge in [0.25, 0.3) is 0 Å². The lowest BCUT2D eigenvalue weighted by atomic mass is 9.88. The molecule has 1 fully saturated rings. The SMILES string of the molecule is COC1CC(n2c(C)c(CC(=O)O)c(C)nc2=O)C1. The van der Waals surface area contributed by atoms with Gasteiger partial charge in [-0.05, 0) is 26.7 Å². The van der Waals surface area contributed by atoms with E-state index in [-0.39, 0.29) is 24.3 Å². The van der Waals surface area contributed by atoms with Crippen LogP contribution < -0.4 is 5.69 Å². The fraction of sp³-hybridized carbons (Fsp3) is 0.615. The fourth-order valence-corrected chi connectivity index (χ4v) is 2.59. The highest BCUT2D eigenvalue weighted by molar-refractivity contribution is 5.70. The molecule has 2 rings (SSSR count). The Morgan fingerprint density at radius 2 is 2.11 bits per heavy atom. The van der Waals surface area contributed by atoms with Crippen LogP contribution in [0.1, 0.15) is 35.8 Å². The first-order valence-electron chi connectivity index (χ1n) is 6.27. The lowest BCUT2D eigenvalue weighted by Crippen LogP contribution is -2.40. The van der Waals surface area contributed by atoms with Gasteiger partial charge in [0.1, 0.15) is 0 Å². The molecule has 1 saturated carbocycles. The van der Waals surface area contributed by atoms with Crippen molar-refractivity contribution in [2.24, 2.45) is 0 Å². The topological polar surface area (TPSA) is 81.4 Å². The zero-order valence-electron chi connectivity index (χ0n) is 11.3. The van der Waals surface area contributed by atoms with Gasteiger partial charge in [0.15, 0.2) is 0 Å². The number of carboxylic acid groups (broad SMARTS) is 1. The van der Waals surface area contributed by atoms with Gasteiger partial charge >= 0.3 is 11.7 Å². The normalized spacial score (nSPS) is 22.1. The molecule has 19 heavy (non-hydrogen) atoms. The lowest BCUT2D eigenvalue weighted by Gasteiger charge is -2.36. The predicted molar refractivity (Wildman–Crippen MR) is 68.4 cm³/mol. The van der Waals surface area contributed by atoms with E-state index in [1.165, 1.54) is 0 Å². The highest BCUT2D eigenvalue weighted by atomic mass is 16.5. The van der Waals surface area contributed by atoms with Crippen molar-refractivity contribution in [2.45, 2.75) is 45.3 Å². The molecule has 1 aliphatic rings. The summed E-state index contributed by atoms with van der Waals surface area (Å²) in [4.78, 5) is 26.8. The van der Waals surface area contributed by atoms with Crippen molar-refractivity contribution in [1.82, 2.24) is 9.55 Å². The van der Waals surface area contributed by atoms with E-state index in [9.17, 15) is 9.59 Å². The van der Waals surface area contributed by atoms with Crippen LogP contribution in [0.5, 0.6) is 0 Å². The highest BCUT2D eigenvalue weighted by Crippen LogP contribution is 2.34. The van der Waals surface area contributed by atoms with Crippen molar-refractivity contribution in [3.8, 4) is 0 Å². The summed E-state index contributed by atoms with van der Waals surface area (Å²) in [5, 5.41) is 8.93. The van der Waals surface area contributed by atoms with E-state index < -0.39 is 5.97 Å². The Hall–Kier alpha value is -1.69. The van der Waals surface area contributed by atoms with Crippen LogP contribution in [-0.4, -0.2) is 33.8 Å². The molecule has 1 N–H and O–H groups in total. The Morgan fingerprint density at radius 3 is 2.63 bits per heavy atom. The Morgan fingerprint density at radius 1 is 1.47 bits per heavy atom. The number of rotatable bonds is 4. The van der Waals surface area contributed by atoms with Crippen molar-refractivity contribution in [1.29, 1.82) is 0 Å². The first-order valence-corrected chi connectivity index (χ1v) is 6.27. The van der Waals surface area contributed by atoms with Gasteiger partial charge in [-0.2, -0.15) is 4.98 Å². The van der Waals surface area contributed by atoms with Crippen molar-refractivity contribution in [3.63, 3.8) is 0 Å². The summed E-state index contributed by atoms with van der Waals surface area (Å²) in [7, 11) is 1.65. The van der Waals surface area contributed by atoms with Crippen molar-refractivity contribution in [3.05, 3.63) is 27.4 Å². The molecule has 0 amide bonds. The van der Waals surface area contributed by atoms with Crippen LogP contribution in [0.2, 0.25) is 0 Å². The van der Waals surface area contributed by atoms with Gasteiger partial charge in [0.05, 0.1) is 12.5 Å². The van der Waals surface area contributed by atoms with Crippen LogP contribution in [0.3, 0.4) is 0 Å². The molecule has 0 aromatic carbocycles. The van der Waals surface area contributed by atoms with Gasteiger partial charge in [0.2, 0.25) is 0 Å². The minimum Gasteiger partial charge on any atom is -0.481 e. The summed E-state index contributed by atoms with van der Waals surface area (Å²) in [5.41, 5.74) is 1.54. The Labute approximate surface area is 111 Å². The van der Waals surface area contributed by atoms with Gasteiger partial charge < -0.3 is 9.84 Å². The summed E-state index contributed by atoms with van der Waals surface area (Å²) in [6.45, 7) is 3.46. The molecule has 1 aliphatic carbocycles. The van der Waals surface area contributed by atoms with Crippen molar-refractivity contribution in [2.75, 3.05) is 7.11 Å². The number of aryl methyl sites for hydroxylation is 1. The molecular weight excluding hydrogens is 248 g/mol. The zero-order chi connectivity index (χ0) is 14.2. The summed E-state index contributed by atoms with van der Waals surface area (Å²) in [6.07, 6.45) is 1.62. The minimum absolute atomic E-state index is 0.0677. The Balaban J connectivity index is 2.38. The largest absolute Gasteiger partial charge is 0.481 e. The molecule has 6 nitrogen and oxygen atoms in total. The maximum atomic E-state index is 12.0. The number of aromatic nitrogens is 2. The second kappa shape index (κ2) is 5.13. The summed E-state index contributed by atoms with van der Waals surface area (Å²) < 4.78 is 6.82. The summed E-state index contributed by atoms with van der Waals surface area (Å²) in [5.74, 6) is -0.915. The second-order valence-electron chi connectivity index (χ2n) is 4.97. The maximum absolute atomic E-state index is 12.0. The van der Waals surface area contributed by atoms with E-state index in [0.29, 0.717) is 17.0 Å². The van der Waals surface area contributed by atoms with Crippen LogP contribution in [0.25, 0.3) is 0 Å². The predicted octanol–water partition coefficient (Wildman–Crippen LogP) is 0.837. The average Bonchev–Trinajstić information content (AvgIpc) is 2.26. The number of ether oxygens (including phenoxy) is 1. The number of aliphatic carboxylic acids is 1. The lowest BCUT2D eigenvalue weighted by molar-refractivity contribution is -0.136. The molecule has 104 valence electrons. The summed E-state index contributed by atoms with van der Waals surface area (Å²) >= 11 is 0. The zero-order valence-corrected chi connectivity index (χ0v) is 11.3. The van der Waals surface area contributed by atoms with Gasteiger partial charge in [-0.15, -0.1) is 0 Å². The van der Waals surface area contributed by atoms with Crippen LogP contribution in [0.4, 0.5) is 0 Å². The van der Waals surface area contributed by atoms with Gasteiger partial charge in [-0.3, -0.25) is 9.36 Å². The third-order valence-corrected chi connectivity index (χ3v) is 3.80. The minimum atomic E-state index is -0.915. The second-order valence-corrected chi connectivity index (χ2v) is 4.97. The first-order chi connectivity index (χ1) is 8.93. The standard InChI is InChI=1S/C13H18N2O4/c1-7-11(6-12(16)17)8(2)15(13(18)14-7)9-4-10(5-9)19-3/h9-10H,4-6H2,1-3H3,(H,16,17). The van der Waals surface area contributed by atoms with Gasteiger partial charge in [-0.1, -0.05) is 0 Å². The molecule has 0 saturated heterocycles. The van der Waals surface area contributed by atoms with Crippen LogP contribution in [-0.2, 0) is 16.0 Å². The van der Waals surface area contributed by atoms with Crippen molar-refractivity contribution >= 4 is 5.97 Å². The number of nitrogens with zero attached hydrogens (tertiary/aromatic N) is 2.